The third kappa shape index (κ3) is 2.28. The molecule has 24 heavy (non-hydrogen) atoms. The van der Waals surface area contributed by atoms with E-state index in [1.807, 2.05) is 36.6 Å². The van der Waals surface area contributed by atoms with Gasteiger partial charge in [-0.15, -0.1) is 16.4 Å². The molecule has 0 aromatic carbocycles. The van der Waals surface area contributed by atoms with Crippen molar-refractivity contribution in [1.29, 1.82) is 0 Å². The van der Waals surface area contributed by atoms with Crippen molar-refractivity contribution in [1.82, 2.24) is 19.7 Å². The molecule has 8 heteroatoms. The predicted octanol–water partition coefficient (Wildman–Crippen LogP) is 2.18. The standard InChI is InChI=1S/C16H14N6OS/c1-9-12(14(17)23)13(11-5-3-7-24-11)22-16(19-9)20-15(21-22)10-4-2-6-18-8-10/h2-8,13H,1H3,(H2,17,23)(H,19,20,21)/t13-/m1/s1. The Hall–Kier alpha value is -3.00. The van der Waals surface area contributed by atoms with Crippen LogP contribution in [0.5, 0.6) is 0 Å². The molecule has 7 nitrogen and oxygen atoms in total. The van der Waals surface area contributed by atoms with Crippen LogP contribution in [-0.2, 0) is 4.79 Å². The molecule has 0 aliphatic carbocycles. The number of nitrogens with one attached hydrogen (secondary N) is 1. The highest BCUT2D eigenvalue weighted by molar-refractivity contribution is 7.10. The summed E-state index contributed by atoms with van der Waals surface area (Å²) < 4.78 is 1.71. The number of anilines is 1. The number of fused-ring (bicyclic) bond motifs is 1. The van der Waals surface area contributed by atoms with Crippen LogP contribution < -0.4 is 11.1 Å². The van der Waals surface area contributed by atoms with Gasteiger partial charge in [0.2, 0.25) is 11.9 Å². The van der Waals surface area contributed by atoms with Crippen LogP contribution in [0.4, 0.5) is 5.95 Å². The molecule has 3 N–H and O–H groups in total. The summed E-state index contributed by atoms with van der Waals surface area (Å²) >= 11 is 1.55. The molecule has 1 atom stereocenters. The zero-order valence-electron chi connectivity index (χ0n) is 12.8. The van der Waals surface area contributed by atoms with Gasteiger partial charge < -0.3 is 11.1 Å². The van der Waals surface area contributed by atoms with Crippen molar-refractivity contribution in [3.63, 3.8) is 0 Å². The molecule has 0 bridgehead atoms. The number of nitrogens with zero attached hydrogens (tertiary/aromatic N) is 4. The van der Waals surface area contributed by atoms with Crippen molar-refractivity contribution in [2.24, 2.45) is 5.73 Å². The highest BCUT2D eigenvalue weighted by Crippen LogP contribution is 2.37. The zero-order chi connectivity index (χ0) is 16.7. The Morgan fingerprint density at radius 3 is 2.92 bits per heavy atom. The number of rotatable bonds is 3. The number of carbonyl (C=O) groups is 1. The summed E-state index contributed by atoms with van der Waals surface area (Å²) in [6, 6.07) is 7.25. The fourth-order valence-electron chi connectivity index (χ4n) is 2.80. The Labute approximate surface area is 141 Å². The maximum atomic E-state index is 12.0. The quantitative estimate of drug-likeness (QED) is 0.762. The summed E-state index contributed by atoms with van der Waals surface area (Å²) in [5, 5.41) is 9.68. The van der Waals surface area contributed by atoms with Crippen LogP contribution in [-0.4, -0.2) is 25.7 Å². The monoisotopic (exact) mass is 338 g/mol. The first-order valence-electron chi connectivity index (χ1n) is 7.33. The molecule has 3 aromatic heterocycles. The molecule has 1 aliphatic heterocycles. The molecule has 120 valence electrons. The summed E-state index contributed by atoms with van der Waals surface area (Å²) in [6.07, 6.45) is 3.40. The highest BCUT2D eigenvalue weighted by Gasteiger charge is 2.33. The Kier molecular flexibility index (Phi) is 3.39. The van der Waals surface area contributed by atoms with E-state index in [1.54, 1.807) is 28.4 Å². The van der Waals surface area contributed by atoms with E-state index in [1.165, 1.54) is 0 Å². The Morgan fingerprint density at radius 2 is 2.25 bits per heavy atom. The molecule has 4 heterocycles. The second kappa shape index (κ2) is 5.57. The molecule has 0 radical (unpaired) electrons. The predicted molar refractivity (Wildman–Crippen MR) is 91.2 cm³/mol. The number of carbonyl (C=O) groups excluding carboxylic acids is 1. The van der Waals surface area contributed by atoms with Crippen LogP contribution in [0.2, 0.25) is 0 Å². The molecule has 3 aromatic rings. The second-order valence-electron chi connectivity index (χ2n) is 5.39. The van der Waals surface area contributed by atoms with Gasteiger partial charge in [0, 0.05) is 28.5 Å². The molecule has 0 saturated carbocycles. The van der Waals surface area contributed by atoms with E-state index in [9.17, 15) is 4.79 Å². The van der Waals surface area contributed by atoms with E-state index in [0.29, 0.717) is 23.0 Å². The molecular weight excluding hydrogens is 324 g/mol. The van der Waals surface area contributed by atoms with Crippen LogP contribution >= 0.6 is 11.3 Å². The minimum Gasteiger partial charge on any atom is -0.366 e. The first-order chi connectivity index (χ1) is 11.6. The minimum absolute atomic E-state index is 0.378. The van der Waals surface area contributed by atoms with Gasteiger partial charge in [0.05, 0.1) is 5.57 Å². The van der Waals surface area contributed by atoms with Crippen LogP contribution in [0.1, 0.15) is 17.8 Å². The van der Waals surface area contributed by atoms with Gasteiger partial charge >= 0.3 is 0 Å². The summed E-state index contributed by atoms with van der Waals surface area (Å²) in [5.41, 5.74) is 7.62. The first kappa shape index (κ1) is 14.6. The average Bonchev–Trinajstić information content (AvgIpc) is 3.23. The largest absolute Gasteiger partial charge is 0.366 e. The van der Waals surface area contributed by atoms with Crippen molar-refractivity contribution in [3.05, 3.63) is 58.2 Å². The number of thiophene rings is 1. The van der Waals surface area contributed by atoms with Gasteiger partial charge in [0.1, 0.15) is 6.04 Å². The van der Waals surface area contributed by atoms with E-state index in [0.717, 1.165) is 10.4 Å². The van der Waals surface area contributed by atoms with E-state index < -0.39 is 5.91 Å². The van der Waals surface area contributed by atoms with Gasteiger partial charge in [-0.2, -0.15) is 4.98 Å². The molecule has 0 unspecified atom stereocenters. The second-order valence-corrected chi connectivity index (χ2v) is 6.37. The minimum atomic E-state index is -0.470. The van der Waals surface area contributed by atoms with Gasteiger partial charge in [-0.1, -0.05) is 6.07 Å². The van der Waals surface area contributed by atoms with Crippen LogP contribution in [0.3, 0.4) is 0 Å². The summed E-state index contributed by atoms with van der Waals surface area (Å²) in [5.74, 6) is 0.655. The van der Waals surface area contributed by atoms with Gasteiger partial charge in [0.15, 0.2) is 5.82 Å². The number of pyridine rings is 1. The maximum Gasteiger partial charge on any atom is 0.248 e. The topological polar surface area (TPSA) is 98.7 Å². The smallest absolute Gasteiger partial charge is 0.248 e. The summed E-state index contributed by atoms with van der Waals surface area (Å²) in [4.78, 5) is 21.6. The van der Waals surface area contributed by atoms with Crippen molar-refractivity contribution in [2.75, 3.05) is 5.32 Å². The van der Waals surface area contributed by atoms with E-state index in [2.05, 4.69) is 20.4 Å². The van der Waals surface area contributed by atoms with Gasteiger partial charge in [0.25, 0.3) is 0 Å². The lowest BCUT2D eigenvalue weighted by Crippen LogP contribution is -2.31. The third-order valence-electron chi connectivity index (χ3n) is 3.85. The first-order valence-corrected chi connectivity index (χ1v) is 8.21. The molecule has 0 fully saturated rings. The lowest BCUT2D eigenvalue weighted by molar-refractivity contribution is -0.115. The van der Waals surface area contributed by atoms with Crippen molar-refractivity contribution in [3.8, 4) is 11.4 Å². The molecule has 0 saturated heterocycles. The number of allylic oxidation sites excluding steroid dienone is 1. The summed E-state index contributed by atoms with van der Waals surface area (Å²) in [6.45, 7) is 1.82. The third-order valence-corrected chi connectivity index (χ3v) is 4.78. The summed E-state index contributed by atoms with van der Waals surface area (Å²) in [7, 11) is 0. The van der Waals surface area contributed by atoms with Gasteiger partial charge in [-0.05, 0) is 30.5 Å². The van der Waals surface area contributed by atoms with Gasteiger partial charge in [-0.25, -0.2) is 4.68 Å². The van der Waals surface area contributed by atoms with Crippen LogP contribution in [0, 0.1) is 0 Å². The lowest BCUT2D eigenvalue weighted by Gasteiger charge is -2.26. The molecule has 4 rings (SSSR count). The van der Waals surface area contributed by atoms with E-state index in [4.69, 9.17) is 5.73 Å². The SMILES string of the molecule is CC1=C(C(N)=O)[C@@H](c2cccs2)n2nc(-c3cccnc3)nc2N1. The Morgan fingerprint density at radius 1 is 1.38 bits per heavy atom. The van der Waals surface area contributed by atoms with E-state index >= 15 is 0 Å². The molecular formula is C16H14N6OS. The van der Waals surface area contributed by atoms with E-state index in [-0.39, 0.29) is 6.04 Å². The normalized spacial score (nSPS) is 16.6. The molecule has 1 aliphatic rings. The average molecular weight is 338 g/mol. The Bertz CT molecular complexity index is 929. The fraction of sp³-hybridized carbons (Fsp3) is 0.125. The zero-order valence-corrected chi connectivity index (χ0v) is 13.6. The molecule has 0 spiro atoms. The highest BCUT2D eigenvalue weighted by atomic mass is 32.1. The number of hydrogen-bond donors (Lipinski definition) is 2. The fourth-order valence-corrected chi connectivity index (χ4v) is 3.62. The van der Waals surface area contributed by atoms with Crippen LogP contribution in [0.15, 0.2) is 53.3 Å². The number of primary amides is 1. The van der Waals surface area contributed by atoms with Crippen LogP contribution in [0.25, 0.3) is 11.4 Å². The van der Waals surface area contributed by atoms with Crippen molar-refractivity contribution < 1.29 is 4.79 Å². The number of hydrogen-bond acceptors (Lipinski definition) is 6. The number of amides is 1. The number of aromatic nitrogens is 4. The molecule has 1 amide bonds. The number of nitrogens with two attached hydrogens (primary N) is 1. The van der Waals surface area contributed by atoms with Gasteiger partial charge in [-0.3, -0.25) is 9.78 Å². The van der Waals surface area contributed by atoms with Crippen molar-refractivity contribution in [2.45, 2.75) is 13.0 Å². The van der Waals surface area contributed by atoms with Crippen molar-refractivity contribution >= 4 is 23.2 Å². The Balaban J connectivity index is 1.88. The maximum absolute atomic E-state index is 12.0. The lowest BCUT2D eigenvalue weighted by atomic mass is 10.0.